The molecule has 0 aliphatic rings. The number of alkyl halides is 2. The van der Waals surface area contributed by atoms with E-state index >= 15 is 4.39 Å². The Bertz CT molecular complexity index is 663. The fourth-order valence-corrected chi connectivity index (χ4v) is 7.72. The van der Waals surface area contributed by atoms with E-state index in [2.05, 4.69) is 0 Å². The van der Waals surface area contributed by atoms with Crippen LogP contribution in [0.1, 0.15) is 12.8 Å². The first-order chi connectivity index (χ1) is 12.3. The highest BCUT2D eigenvalue weighted by atomic mass is 31.2. The van der Waals surface area contributed by atoms with Crippen LogP contribution in [0.2, 0.25) is 0 Å². The van der Waals surface area contributed by atoms with Gasteiger partial charge < -0.3 is 0 Å². The van der Waals surface area contributed by atoms with Crippen molar-refractivity contribution in [3.8, 4) is 0 Å². The predicted octanol–water partition coefficient (Wildman–Crippen LogP) is 5.03. The molecular weight excluding hydrogens is 333 g/mol. The van der Waals surface area contributed by atoms with Crippen LogP contribution in [0.3, 0.4) is 0 Å². The van der Waals surface area contributed by atoms with Gasteiger partial charge in [-0.1, -0.05) is 54.6 Å². The van der Waals surface area contributed by atoms with Gasteiger partial charge in [-0.05, 0) is 42.8 Å². The number of hydrogen-bond donors (Lipinski definition) is 0. The largest absolute Gasteiger partial charge is 0.251 e. The molecule has 0 saturated carbocycles. The summed E-state index contributed by atoms with van der Waals surface area (Å²) in [4.78, 5) is 0. The van der Waals surface area contributed by atoms with Gasteiger partial charge in [0.15, 0.2) is 0 Å². The van der Waals surface area contributed by atoms with Crippen LogP contribution in [0.4, 0.5) is 8.78 Å². The zero-order chi connectivity index (χ0) is 17.5. The maximum atomic E-state index is 15.8. The lowest BCUT2D eigenvalue weighted by molar-refractivity contribution is 0.378. The maximum absolute atomic E-state index is 15.8. The van der Waals surface area contributed by atoms with Crippen molar-refractivity contribution < 1.29 is 8.78 Å². The molecule has 0 N–H and O–H groups in total. The minimum atomic E-state index is -2.51. The van der Waals surface area contributed by atoms with Crippen LogP contribution in [0, 0.1) is 0 Å². The molecule has 0 fully saturated rings. The van der Waals surface area contributed by atoms with Crippen molar-refractivity contribution in [3.05, 3.63) is 91.0 Å². The molecule has 0 aliphatic heterocycles. The van der Waals surface area contributed by atoms with E-state index in [0.29, 0.717) is 0 Å². The zero-order valence-electron chi connectivity index (χ0n) is 14.1. The molecular formula is C22H22F2P+. The summed E-state index contributed by atoms with van der Waals surface area (Å²) in [7, 11) is -2.51. The Morgan fingerprint density at radius 3 is 1.32 bits per heavy atom. The van der Waals surface area contributed by atoms with Gasteiger partial charge in [-0.2, -0.15) is 0 Å². The molecule has 1 atom stereocenters. The number of benzene rings is 3. The van der Waals surface area contributed by atoms with E-state index in [9.17, 15) is 4.39 Å². The van der Waals surface area contributed by atoms with Crippen LogP contribution in [0.5, 0.6) is 0 Å². The Morgan fingerprint density at radius 1 is 0.640 bits per heavy atom. The summed E-state index contributed by atoms with van der Waals surface area (Å²) in [5.41, 5.74) is 0. The molecule has 0 heterocycles. The highest BCUT2D eigenvalue weighted by Gasteiger charge is 2.52. The highest BCUT2D eigenvalue weighted by Crippen LogP contribution is 2.61. The molecule has 1 unspecified atom stereocenters. The molecule has 3 heteroatoms. The molecule has 128 valence electrons. The lowest BCUT2D eigenvalue weighted by Crippen LogP contribution is -2.37. The molecule has 0 spiro atoms. The van der Waals surface area contributed by atoms with Crippen molar-refractivity contribution in [2.45, 2.75) is 18.8 Å². The van der Waals surface area contributed by atoms with E-state index in [1.165, 1.54) is 0 Å². The van der Waals surface area contributed by atoms with Crippen LogP contribution < -0.4 is 15.9 Å². The Hall–Kier alpha value is -2.05. The average molecular weight is 355 g/mol. The monoisotopic (exact) mass is 355 g/mol. The molecule has 25 heavy (non-hydrogen) atoms. The fourth-order valence-electron chi connectivity index (χ4n) is 3.36. The molecule has 3 aromatic rings. The first kappa shape index (κ1) is 17.8. The lowest BCUT2D eigenvalue weighted by Gasteiger charge is -2.30. The van der Waals surface area contributed by atoms with Crippen molar-refractivity contribution >= 4 is 23.2 Å². The minimum Gasteiger partial charge on any atom is -0.251 e. The summed E-state index contributed by atoms with van der Waals surface area (Å²) < 4.78 is 28.6. The first-order valence-corrected chi connectivity index (χ1v) is 10.4. The molecule has 0 saturated heterocycles. The molecule has 0 radical (unpaired) electrons. The topological polar surface area (TPSA) is 0 Å². The Balaban J connectivity index is 2.28. The van der Waals surface area contributed by atoms with Crippen molar-refractivity contribution in [2.75, 3.05) is 6.67 Å². The van der Waals surface area contributed by atoms with Gasteiger partial charge in [0.25, 0.3) is 0 Å². The van der Waals surface area contributed by atoms with Gasteiger partial charge in [0.2, 0.25) is 5.91 Å². The second-order valence-electron chi connectivity index (χ2n) is 6.00. The third kappa shape index (κ3) is 3.50. The third-order valence-corrected chi connectivity index (χ3v) is 8.92. The Kier molecular flexibility index (Phi) is 5.94. The van der Waals surface area contributed by atoms with Gasteiger partial charge in [0, 0.05) is 6.42 Å². The fraction of sp³-hybridized carbons (Fsp3) is 0.182. The zero-order valence-corrected chi connectivity index (χ0v) is 15.0. The van der Waals surface area contributed by atoms with E-state index in [4.69, 9.17) is 0 Å². The van der Waals surface area contributed by atoms with Crippen LogP contribution in [-0.4, -0.2) is 12.6 Å². The molecule has 3 aromatic carbocycles. The standard InChI is InChI=1S/C22H22F2P/c23-18-10-17-22(24)25(19-11-4-1-5-12-19,20-13-6-2-7-14-20)21-15-8-3-9-16-21/h1-9,11-16,22H,10,17-18H2/q+1. The average Bonchev–Trinajstić information content (AvgIpc) is 2.69. The summed E-state index contributed by atoms with van der Waals surface area (Å²) in [5.74, 6) is -1.12. The summed E-state index contributed by atoms with van der Waals surface area (Å²) >= 11 is 0. The Labute approximate surface area is 148 Å². The van der Waals surface area contributed by atoms with Gasteiger partial charge in [-0.15, -0.1) is 0 Å². The maximum Gasteiger partial charge on any atom is 0.219 e. The smallest absolute Gasteiger partial charge is 0.219 e. The van der Waals surface area contributed by atoms with Gasteiger partial charge >= 0.3 is 0 Å². The van der Waals surface area contributed by atoms with Crippen molar-refractivity contribution in [1.82, 2.24) is 0 Å². The normalized spacial score (nSPS) is 12.7. The van der Waals surface area contributed by atoms with Gasteiger partial charge in [0.1, 0.15) is 23.2 Å². The number of rotatable bonds is 7. The molecule has 0 aromatic heterocycles. The van der Waals surface area contributed by atoms with Gasteiger partial charge in [-0.25, -0.2) is 4.39 Å². The first-order valence-electron chi connectivity index (χ1n) is 8.55. The van der Waals surface area contributed by atoms with Crippen LogP contribution >= 0.6 is 7.26 Å². The third-order valence-electron chi connectivity index (χ3n) is 4.49. The summed E-state index contributed by atoms with van der Waals surface area (Å²) in [5, 5.41) is 3.00. The second kappa shape index (κ2) is 8.36. The summed E-state index contributed by atoms with van der Waals surface area (Å²) in [6.07, 6.45) is 0.471. The number of hydrogen-bond acceptors (Lipinski definition) is 0. The lowest BCUT2D eigenvalue weighted by atomic mass is 10.3. The van der Waals surface area contributed by atoms with Gasteiger partial charge in [0.05, 0.1) is 6.67 Å². The van der Waals surface area contributed by atoms with Crippen LogP contribution in [0.15, 0.2) is 91.0 Å². The van der Waals surface area contributed by atoms with Crippen LogP contribution in [-0.2, 0) is 0 Å². The molecule has 0 aliphatic carbocycles. The Morgan fingerprint density at radius 2 is 1.00 bits per heavy atom. The quantitative estimate of drug-likeness (QED) is 0.522. The van der Waals surface area contributed by atoms with E-state index in [1.807, 2.05) is 91.0 Å². The molecule has 0 nitrogen and oxygen atoms in total. The second-order valence-corrected chi connectivity index (χ2v) is 9.55. The predicted molar refractivity (Wildman–Crippen MR) is 105 cm³/mol. The van der Waals surface area contributed by atoms with E-state index < -0.39 is 19.8 Å². The molecule has 0 amide bonds. The minimum absolute atomic E-state index is 0.225. The number of halogens is 2. The van der Waals surface area contributed by atoms with Crippen molar-refractivity contribution in [3.63, 3.8) is 0 Å². The summed E-state index contributed by atoms with van der Waals surface area (Å²) in [6, 6.07) is 29.6. The molecule has 3 rings (SSSR count). The van der Waals surface area contributed by atoms with Crippen molar-refractivity contribution in [1.29, 1.82) is 0 Å². The van der Waals surface area contributed by atoms with E-state index in [0.717, 1.165) is 15.9 Å². The van der Waals surface area contributed by atoms with E-state index in [-0.39, 0.29) is 12.8 Å². The van der Waals surface area contributed by atoms with E-state index in [1.54, 1.807) is 0 Å². The summed E-state index contributed by atoms with van der Waals surface area (Å²) in [6.45, 7) is -0.487. The SMILES string of the molecule is FCCCC(F)[P+](c1ccccc1)(c1ccccc1)c1ccccc1. The van der Waals surface area contributed by atoms with Crippen molar-refractivity contribution in [2.24, 2.45) is 0 Å². The van der Waals surface area contributed by atoms with Crippen LogP contribution in [0.25, 0.3) is 0 Å². The molecule has 0 bridgehead atoms. The highest BCUT2D eigenvalue weighted by molar-refractivity contribution is 7.96. The van der Waals surface area contributed by atoms with Gasteiger partial charge in [-0.3, -0.25) is 4.39 Å².